The Morgan fingerprint density at radius 3 is 2.65 bits per heavy atom. The fourth-order valence-corrected chi connectivity index (χ4v) is 3.06. The maximum absolute atomic E-state index is 5.32. The Kier molecular flexibility index (Phi) is 3.62. The summed E-state index contributed by atoms with van der Waals surface area (Å²) >= 11 is 1.58. The van der Waals surface area contributed by atoms with Crippen molar-refractivity contribution < 1.29 is 4.42 Å². The fraction of sp³-hybridized carbons (Fsp3) is 0.200. The lowest BCUT2D eigenvalue weighted by Gasteiger charge is -2.12. The summed E-state index contributed by atoms with van der Waals surface area (Å²) in [4.78, 5) is 0. The number of hydrogen-bond donors (Lipinski definition) is 1. The molecule has 1 N–H and O–H groups in total. The van der Waals surface area contributed by atoms with Gasteiger partial charge in [0.1, 0.15) is 17.0 Å². The first-order chi connectivity index (χ1) is 9.78. The topological polar surface area (TPSA) is 51.0 Å². The summed E-state index contributed by atoms with van der Waals surface area (Å²) in [6.07, 6.45) is 1.72. The van der Waals surface area contributed by atoms with E-state index in [0.717, 1.165) is 21.3 Å². The molecular formula is C15H15N3OS. The normalized spacial score (nSPS) is 12.5. The van der Waals surface area contributed by atoms with Crippen molar-refractivity contribution in [1.82, 2.24) is 15.5 Å². The van der Waals surface area contributed by atoms with E-state index in [-0.39, 0.29) is 6.04 Å². The second-order valence-corrected chi connectivity index (χ2v) is 5.53. The highest BCUT2D eigenvalue weighted by Crippen LogP contribution is 2.30. The number of benzene rings is 1. The van der Waals surface area contributed by atoms with Gasteiger partial charge in [-0.25, -0.2) is 0 Å². The van der Waals surface area contributed by atoms with Crippen molar-refractivity contribution in [1.29, 1.82) is 0 Å². The largest absolute Gasteiger partial charge is 0.469 e. The third-order valence-corrected chi connectivity index (χ3v) is 4.12. The fourth-order valence-electron chi connectivity index (χ4n) is 2.10. The minimum absolute atomic E-state index is 0.0652. The lowest BCUT2D eigenvalue weighted by Crippen LogP contribution is -2.17. The number of rotatable bonds is 4. The van der Waals surface area contributed by atoms with Crippen LogP contribution in [0.25, 0.3) is 10.6 Å². The SMILES string of the molecule is CNC(c1ccccc1)c1nnc(-c2coc(C)c2)s1. The zero-order valence-corrected chi connectivity index (χ0v) is 12.1. The van der Waals surface area contributed by atoms with Gasteiger partial charge in [-0.05, 0) is 25.6 Å². The highest BCUT2D eigenvalue weighted by atomic mass is 32.1. The summed E-state index contributed by atoms with van der Waals surface area (Å²) in [6.45, 7) is 1.92. The number of furan rings is 1. The van der Waals surface area contributed by atoms with Crippen molar-refractivity contribution in [3.8, 4) is 10.6 Å². The lowest BCUT2D eigenvalue weighted by atomic mass is 10.1. The summed E-state index contributed by atoms with van der Waals surface area (Å²) in [5.74, 6) is 0.880. The predicted octanol–water partition coefficient (Wildman–Crippen LogP) is 3.42. The first-order valence-electron chi connectivity index (χ1n) is 6.39. The molecule has 0 radical (unpaired) electrons. The Labute approximate surface area is 121 Å². The van der Waals surface area contributed by atoms with Gasteiger partial charge in [0.15, 0.2) is 5.01 Å². The molecule has 1 atom stereocenters. The molecule has 0 aliphatic heterocycles. The van der Waals surface area contributed by atoms with Gasteiger partial charge >= 0.3 is 0 Å². The van der Waals surface area contributed by atoms with Gasteiger partial charge in [-0.15, -0.1) is 10.2 Å². The van der Waals surface area contributed by atoms with Crippen molar-refractivity contribution in [2.45, 2.75) is 13.0 Å². The van der Waals surface area contributed by atoms with Crippen molar-refractivity contribution in [3.05, 3.63) is 59.0 Å². The monoisotopic (exact) mass is 285 g/mol. The average molecular weight is 285 g/mol. The van der Waals surface area contributed by atoms with Crippen LogP contribution in [0.3, 0.4) is 0 Å². The van der Waals surface area contributed by atoms with Crippen LogP contribution >= 0.6 is 11.3 Å². The molecule has 4 nitrogen and oxygen atoms in total. The average Bonchev–Trinajstić information content (AvgIpc) is 3.10. The van der Waals surface area contributed by atoms with Crippen LogP contribution in [-0.4, -0.2) is 17.2 Å². The molecular weight excluding hydrogens is 270 g/mol. The molecule has 0 saturated heterocycles. The molecule has 2 aromatic heterocycles. The van der Waals surface area contributed by atoms with E-state index < -0.39 is 0 Å². The Bertz CT molecular complexity index is 690. The highest BCUT2D eigenvalue weighted by molar-refractivity contribution is 7.14. The van der Waals surface area contributed by atoms with Gasteiger partial charge in [0.2, 0.25) is 0 Å². The third kappa shape index (κ3) is 2.50. The molecule has 1 unspecified atom stereocenters. The summed E-state index contributed by atoms with van der Waals surface area (Å²) in [6, 6.07) is 12.3. The predicted molar refractivity (Wildman–Crippen MR) is 79.7 cm³/mol. The molecule has 102 valence electrons. The van der Waals surface area contributed by atoms with E-state index in [9.17, 15) is 0 Å². The lowest BCUT2D eigenvalue weighted by molar-refractivity contribution is 0.535. The zero-order chi connectivity index (χ0) is 13.9. The van der Waals surface area contributed by atoms with Crippen LogP contribution in [0.5, 0.6) is 0 Å². The molecule has 0 saturated carbocycles. The first-order valence-corrected chi connectivity index (χ1v) is 7.20. The second-order valence-electron chi connectivity index (χ2n) is 4.52. The van der Waals surface area contributed by atoms with Gasteiger partial charge in [0.05, 0.1) is 11.6 Å². The van der Waals surface area contributed by atoms with Crippen molar-refractivity contribution >= 4 is 11.3 Å². The van der Waals surface area contributed by atoms with Crippen molar-refractivity contribution in [2.24, 2.45) is 0 Å². The van der Waals surface area contributed by atoms with E-state index in [4.69, 9.17) is 4.42 Å². The van der Waals surface area contributed by atoms with Crippen LogP contribution in [0.4, 0.5) is 0 Å². The minimum atomic E-state index is 0.0652. The molecule has 0 bridgehead atoms. The van der Waals surface area contributed by atoms with E-state index in [1.165, 1.54) is 5.56 Å². The van der Waals surface area contributed by atoms with Crippen LogP contribution in [0.1, 0.15) is 22.4 Å². The summed E-state index contributed by atoms with van der Waals surface area (Å²) in [5, 5.41) is 13.7. The molecule has 3 aromatic rings. The molecule has 20 heavy (non-hydrogen) atoms. The van der Waals surface area contributed by atoms with E-state index in [1.54, 1.807) is 17.6 Å². The molecule has 3 rings (SSSR count). The van der Waals surface area contributed by atoms with Crippen LogP contribution in [-0.2, 0) is 0 Å². The second kappa shape index (κ2) is 5.56. The maximum Gasteiger partial charge on any atom is 0.151 e. The number of aromatic nitrogens is 2. The van der Waals surface area contributed by atoms with E-state index >= 15 is 0 Å². The summed E-state index contributed by atoms with van der Waals surface area (Å²) in [5.41, 5.74) is 2.16. The quantitative estimate of drug-likeness (QED) is 0.798. The van der Waals surface area contributed by atoms with Crippen LogP contribution in [0.15, 0.2) is 47.1 Å². The van der Waals surface area contributed by atoms with Gasteiger partial charge in [-0.3, -0.25) is 0 Å². The van der Waals surface area contributed by atoms with E-state index in [1.807, 2.05) is 38.2 Å². The van der Waals surface area contributed by atoms with Gasteiger partial charge in [0.25, 0.3) is 0 Å². The molecule has 5 heteroatoms. The van der Waals surface area contributed by atoms with E-state index in [2.05, 4.69) is 27.6 Å². The number of nitrogens with one attached hydrogen (secondary N) is 1. The van der Waals surface area contributed by atoms with Gasteiger partial charge in [-0.1, -0.05) is 41.7 Å². The highest BCUT2D eigenvalue weighted by Gasteiger charge is 2.18. The van der Waals surface area contributed by atoms with Crippen LogP contribution in [0, 0.1) is 6.92 Å². The van der Waals surface area contributed by atoms with Crippen molar-refractivity contribution in [2.75, 3.05) is 7.05 Å². The molecule has 0 aliphatic carbocycles. The summed E-state index contributed by atoms with van der Waals surface area (Å²) in [7, 11) is 1.93. The Morgan fingerprint density at radius 1 is 1.20 bits per heavy atom. The Balaban J connectivity index is 1.92. The Hall–Kier alpha value is -1.98. The first kappa shape index (κ1) is 13.0. The molecule has 0 fully saturated rings. The number of aryl methyl sites for hydroxylation is 1. The molecule has 2 heterocycles. The molecule has 0 aliphatic rings. The van der Waals surface area contributed by atoms with Gasteiger partial charge in [0, 0.05) is 0 Å². The third-order valence-electron chi connectivity index (χ3n) is 3.09. The van der Waals surface area contributed by atoms with E-state index in [0.29, 0.717) is 0 Å². The van der Waals surface area contributed by atoms with Crippen molar-refractivity contribution in [3.63, 3.8) is 0 Å². The van der Waals surface area contributed by atoms with Crippen LogP contribution in [0.2, 0.25) is 0 Å². The molecule has 1 aromatic carbocycles. The Morgan fingerprint density at radius 2 is 2.00 bits per heavy atom. The molecule has 0 amide bonds. The van der Waals surface area contributed by atoms with Crippen LogP contribution < -0.4 is 5.32 Å². The standard InChI is InChI=1S/C15H15N3OS/c1-10-8-12(9-19-10)14-17-18-15(20-14)13(16-2)11-6-4-3-5-7-11/h3-9,13,16H,1-2H3. The minimum Gasteiger partial charge on any atom is -0.469 e. The maximum atomic E-state index is 5.32. The smallest absolute Gasteiger partial charge is 0.151 e. The number of hydrogen-bond acceptors (Lipinski definition) is 5. The number of nitrogens with zero attached hydrogens (tertiary/aromatic N) is 2. The van der Waals surface area contributed by atoms with Gasteiger partial charge < -0.3 is 9.73 Å². The van der Waals surface area contributed by atoms with Gasteiger partial charge in [-0.2, -0.15) is 0 Å². The zero-order valence-electron chi connectivity index (χ0n) is 11.3. The molecule has 0 spiro atoms. The summed E-state index contributed by atoms with van der Waals surface area (Å²) < 4.78 is 5.32.